The second-order valence-electron chi connectivity index (χ2n) is 8.25. The van der Waals surface area contributed by atoms with Crippen molar-refractivity contribution in [3.05, 3.63) is 77.6 Å². The number of aryl methyl sites for hydroxylation is 1. The molecule has 0 bridgehead atoms. The number of hydrogen-bond acceptors (Lipinski definition) is 5. The lowest BCUT2D eigenvalue weighted by molar-refractivity contribution is 0.0733. The maximum Gasteiger partial charge on any atom is 0.254 e. The van der Waals surface area contributed by atoms with E-state index in [9.17, 15) is 13.2 Å². The summed E-state index contributed by atoms with van der Waals surface area (Å²) in [6.45, 7) is 3.16. The van der Waals surface area contributed by atoms with E-state index in [0.717, 1.165) is 45.6 Å². The van der Waals surface area contributed by atoms with Crippen molar-refractivity contribution in [1.29, 1.82) is 0 Å². The minimum atomic E-state index is -3.31. The van der Waals surface area contributed by atoms with Crippen LogP contribution in [0, 0.1) is 6.92 Å². The number of nitrogens with zero attached hydrogens (tertiary/aromatic N) is 2. The summed E-state index contributed by atoms with van der Waals surface area (Å²) in [5.41, 5.74) is 5.35. The zero-order valence-electron chi connectivity index (χ0n) is 18.3. The first kappa shape index (κ1) is 21.2. The number of fused-ring (bicyclic) bond motifs is 2. The Balaban J connectivity index is 1.43. The summed E-state index contributed by atoms with van der Waals surface area (Å²) in [5, 5.41) is 0. The van der Waals surface area contributed by atoms with Crippen molar-refractivity contribution < 1.29 is 17.9 Å². The number of amides is 1. The molecule has 4 aromatic rings. The highest BCUT2D eigenvalue weighted by Gasteiger charge is 2.22. The number of ether oxygens (including phenoxy) is 1. The Morgan fingerprint density at radius 1 is 1.03 bits per heavy atom. The number of sulfone groups is 1. The molecule has 0 saturated heterocycles. The third-order valence-electron chi connectivity index (χ3n) is 5.79. The first-order chi connectivity index (χ1) is 15.8. The van der Waals surface area contributed by atoms with Gasteiger partial charge in [-0.25, -0.2) is 13.4 Å². The molecule has 5 rings (SSSR count). The van der Waals surface area contributed by atoms with Gasteiger partial charge in [-0.3, -0.25) is 4.79 Å². The van der Waals surface area contributed by atoms with E-state index in [4.69, 9.17) is 4.74 Å². The van der Waals surface area contributed by atoms with Crippen LogP contribution in [0.1, 0.15) is 21.7 Å². The largest absolute Gasteiger partial charge is 0.491 e. The maximum atomic E-state index is 13.1. The number of rotatable bonds is 3. The zero-order chi connectivity index (χ0) is 23.2. The molecule has 0 saturated carbocycles. The highest BCUT2D eigenvalue weighted by molar-refractivity contribution is 7.90. The molecule has 0 spiro atoms. The van der Waals surface area contributed by atoms with Gasteiger partial charge in [-0.05, 0) is 66.6 Å². The maximum absolute atomic E-state index is 13.1. The van der Waals surface area contributed by atoms with E-state index >= 15 is 0 Å². The number of aromatic nitrogens is 2. The molecule has 7 nitrogen and oxygen atoms in total. The number of H-pyrrole nitrogens is 1. The van der Waals surface area contributed by atoms with Gasteiger partial charge >= 0.3 is 0 Å². The predicted octanol–water partition coefficient (Wildman–Crippen LogP) is 3.98. The molecular formula is C25H23N3O4S. The highest BCUT2D eigenvalue weighted by Crippen LogP contribution is 2.31. The van der Waals surface area contributed by atoms with Crippen LogP contribution in [0.2, 0.25) is 0 Å². The molecule has 2 heterocycles. The summed E-state index contributed by atoms with van der Waals surface area (Å²) in [4.78, 5) is 22.8. The van der Waals surface area contributed by atoms with Crippen molar-refractivity contribution in [3.63, 3.8) is 0 Å². The smallest absolute Gasteiger partial charge is 0.254 e. The van der Waals surface area contributed by atoms with Crippen molar-refractivity contribution in [1.82, 2.24) is 14.9 Å². The van der Waals surface area contributed by atoms with Crippen LogP contribution in [0.15, 0.2) is 65.6 Å². The molecule has 1 aliphatic heterocycles. The summed E-state index contributed by atoms with van der Waals surface area (Å²) in [5.74, 6) is 1.47. The van der Waals surface area contributed by atoms with Gasteiger partial charge in [-0.15, -0.1) is 0 Å². The van der Waals surface area contributed by atoms with Crippen LogP contribution < -0.4 is 4.74 Å². The molecule has 168 valence electrons. The summed E-state index contributed by atoms with van der Waals surface area (Å²) in [6, 6.07) is 18.2. The van der Waals surface area contributed by atoms with Crippen LogP contribution in [0.25, 0.3) is 22.2 Å². The Morgan fingerprint density at radius 3 is 2.52 bits per heavy atom. The van der Waals surface area contributed by atoms with Gasteiger partial charge in [0.05, 0.1) is 22.5 Å². The number of nitrogens with one attached hydrogen (secondary N) is 1. The molecule has 0 atom stereocenters. The van der Waals surface area contributed by atoms with Crippen LogP contribution >= 0.6 is 0 Å². The molecule has 1 amide bonds. The molecule has 1 N–H and O–H groups in total. The van der Waals surface area contributed by atoms with Gasteiger partial charge in [0.2, 0.25) is 0 Å². The molecule has 0 fully saturated rings. The SMILES string of the molecule is Cc1nc2ccc(-c3ccc4c(c3)CN(C(=O)c3ccc(S(C)(=O)=O)cc3)CCO4)cc2[nH]1. The lowest BCUT2D eigenvalue weighted by Crippen LogP contribution is -2.32. The van der Waals surface area contributed by atoms with E-state index in [1.54, 1.807) is 17.0 Å². The van der Waals surface area contributed by atoms with Gasteiger partial charge < -0.3 is 14.6 Å². The lowest BCUT2D eigenvalue weighted by Gasteiger charge is -2.20. The third kappa shape index (κ3) is 4.21. The third-order valence-corrected chi connectivity index (χ3v) is 6.92. The van der Waals surface area contributed by atoms with Crippen LogP contribution in [0.3, 0.4) is 0 Å². The second kappa shape index (κ2) is 8.04. The average molecular weight is 462 g/mol. The van der Waals surface area contributed by atoms with E-state index in [1.807, 2.05) is 31.2 Å². The summed E-state index contributed by atoms with van der Waals surface area (Å²) >= 11 is 0. The number of imidazole rings is 1. The Labute approximate surface area is 192 Å². The highest BCUT2D eigenvalue weighted by atomic mass is 32.2. The van der Waals surface area contributed by atoms with Crippen molar-refractivity contribution in [2.45, 2.75) is 18.4 Å². The first-order valence-electron chi connectivity index (χ1n) is 10.6. The standard InChI is InChI=1S/C25H23N3O4S/c1-16-26-22-9-5-19(14-23(22)27-16)18-6-10-24-20(13-18)15-28(11-12-32-24)25(29)17-3-7-21(8-4-17)33(2,30)31/h3-10,13-14H,11-12,15H2,1-2H3,(H,26,27). The fourth-order valence-electron chi connectivity index (χ4n) is 4.09. The topological polar surface area (TPSA) is 92.4 Å². The van der Waals surface area contributed by atoms with Crippen LogP contribution in [-0.4, -0.2) is 48.6 Å². The lowest BCUT2D eigenvalue weighted by atomic mass is 10.0. The number of carbonyl (C=O) groups excluding carboxylic acids is 1. The van der Waals surface area contributed by atoms with E-state index in [0.29, 0.717) is 25.3 Å². The van der Waals surface area contributed by atoms with Gasteiger partial charge in [0.25, 0.3) is 5.91 Å². The van der Waals surface area contributed by atoms with Crippen LogP contribution in [0.5, 0.6) is 5.75 Å². The Hall–Kier alpha value is -3.65. The van der Waals surface area contributed by atoms with Crippen molar-refractivity contribution >= 4 is 26.8 Å². The quantitative estimate of drug-likeness (QED) is 0.498. The summed E-state index contributed by atoms with van der Waals surface area (Å²) in [6.07, 6.45) is 1.15. The first-order valence-corrected chi connectivity index (χ1v) is 12.5. The molecule has 0 radical (unpaired) electrons. The minimum Gasteiger partial charge on any atom is -0.491 e. The van der Waals surface area contributed by atoms with Crippen molar-refractivity contribution in [2.24, 2.45) is 0 Å². The summed E-state index contributed by atoms with van der Waals surface area (Å²) in [7, 11) is -3.31. The molecule has 0 unspecified atom stereocenters. The second-order valence-corrected chi connectivity index (χ2v) is 10.3. The van der Waals surface area contributed by atoms with E-state index in [-0.39, 0.29) is 10.8 Å². The number of aromatic amines is 1. The van der Waals surface area contributed by atoms with Gasteiger partial charge in [0, 0.05) is 23.9 Å². The van der Waals surface area contributed by atoms with E-state index in [2.05, 4.69) is 22.1 Å². The van der Waals surface area contributed by atoms with Crippen LogP contribution in [0.4, 0.5) is 0 Å². The monoisotopic (exact) mass is 461 g/mol. The molecule has 1 aromatic heterocycles. The molecular weight excluding hydrogens is 438 g/mol. The molecule has 1 aliphatic rings. The minimum absolute atomic E-state index is 0.161. The number of benzene rings is 3. The molecule has 33 heavy (non-hydrogen) atoms. The predicted molar refractivity (Wildman–Crippen MR) is 126 cm³/mol. The fourth-order valence-corrected chi connectivity index (χ4v) is 4.72. The Bertz CT molecular complexity index is 1470. The van der Waals surface area contributed by atoms with Crippen molar-refractivity contribution in [2.75, 3.05) is 19.4 Å². The van der Waals surface area contributed by atoms with Gasteiger partial charge in [0.1, 0.15) is 18.2 Å². The Morgan fingerprint density at radius 2 is 1.76 bits per heavy atom. The van der Waals surface area contributed by atoms with E-state index < -0.39 is 9.84 Å². The van der Waals surface area contributed by atoms with Crippen LogP contribution in [-0.2, 0) is 16.4 Å². The van der Waals surface area contributed by atoms with E-state index in [1.165, 1.54) is 12.1 Å². The number of hydrogen-bond donors (Lipinski definition) is 1. The van der Waals surface area contributed by atoms with Crippen molar-refractivity contribution in [3.8, 4) is 16.9 Å². The normalized spacial score (nSPS) is 13.9. The Kier molecular flexibility index (Phi) is 5.17. The van der Waals surface area contributed by atoms with Gasteiger partial charge in [0.15, 0.2) is 9.84 Å². The molecule has 3 aromatic carbocycles. The van der Waals surface area contributed by atoms with Gasteiger partial charge in [-0.1, -0.05) is 12.1 Å². The fraction of sp³-hybridized carbons (Fsp3) is 0.200. The molecule has 8 heteroatoms. The molecule has 0 aliphatic carbocycles. The number of carbonyl (C=O) groups is 1. The average Bonchev–Trinajstić information content (AvgIpc) is 3.03. The van der Waals surface area contributed by atoms with Gasteiger partial charge in [-0.2, -0.15) is 0 Å². The summed E-state index contributed by atoms with van der Waals surface area (Å²) < 4.78 is 29.3. The zero-order valence-corrected chi connectivity index (χ0v) is 19.1.